The van der Waals surface area contributed by atoms with E-state index in [0.717, 1.165) is 21.3 Å². The van der Waals surface area contributed by atoms with Crippen LogP contribution in [-0.4, -0.2) is 19.4 Å². The van der Waals surface area contributed by atoms with Crippen molar-refractivity contribution in [3.05, 3.63) is 18.1 Å². The Kier molecular flexibility index (Phi) is 3.19. The van der Waals surface area contributed by atoms with Gasteiger partial charge in [-0.05, 0) is 0 Å². The maximum atomic E-state index is 5.32. The molecule has 2 aromatic heterocycles. The quantitative estimate of drug-likeness (QED) is 0.470. The maximum absolute atomic E-state index is 5.32. The van der Waals surface area contributed by atoms with E-state index in [1.165, 1.54) is 11.5 Å². The standard InChI is InChI=1S/C7H10N6S2/c1-13-3-5(2-9-13)14-4-6-7(10-8)15-12-11-6/h2-3,10H,4,8H2,1H3. The zero-order valence-corrected chi connectivity index (χ0v) is 9.68. The van der Waals surface area contributed by atoms with Crippen LogP contribution in [0, 0.1) is 0 Å². The number of aromatic nitrogens is 4. The van der Waals surface area contributed by atoms with Gasteiger partial charge in [-0.1, -0.05) is 4.49 Å². The van der Waals surface area contributed by atoms with E-state index >= 15 is 0 Å². The van der Waals surface area contributed by atoms with Crippen LogP contribution >= 0.6 is 23.3 Å². The molecule has 80 valence electrons. The molecule has 0 bridgehead atoms. The predicted molar refractivity (Wildman–Crippen MR) is 60.5 cm³/mol. The molecule has 6 nitrogen and oxygen atoms in total. The minimum atomic E-state index is 0.738. The van der Waals surface area contributed by atoms with Gasteiger partial charge in [0.2, 0.25) is 0 Å². The fourth-order valence-corrected chi connectivity index (χ4v) is 2.48. The summed E-state index contributed by atoms with van der Waals surface area (Å²) in [6, 6.07) is 0. The van der Waals surface area contributed by atoms with Crippen molar-refractivity contribution < 1.29 is 0 Å². The van der Waals surface area contributed by atoms with Crippen molar-refractivity contribution >= 4 is 28.3 Å². The highest BCUT2D eigenvalue weighted by Gasteiger charge is 2.07. The van der Waals surface area contributed by atoms with Gasteiger partial charge in [-0.3, -0.25) is 4.68 Å². The lowest BCUT2D eigenvalue weighted by molar-refractivity contribution is 0.766. The van der Waals surface area contributed by atoms with E-state index in [1.54, 1.807) is 16.4 Å². The molecule has 0 amide bonds. The molecule has 0 aliphatic rings. The molecule has 0 atom stereocenters. The topological polar surface area (TPSA) is 81.7 Å². The molecule has 2 heterocycles. The molecule has 0 spiro atoms. The molecule has 0 aliphatic carbocycles. The molecule has 0 radical (unpaired) electrons. The van der Waals surface area contributed by atoms with E-state index in [0.29, 0.717) is 0 Å². The van der Waals surface area contributed by atoms with E-state index in [1.807, 2.05) is 19.4 Å². The Hall–Kier alpha value is -1.12. The van der Waals surface area contributed by atoms with Crippen molar-refractivity contribution in [1.29, 1.82) is 0 Å². The fourth-order valence-electron chi connectivity index (χ4n) is 1.04. The molecule has 8 heteroatoms. The molecule has 3 N–H and O–H groups in total. The maximum Gasteiger partial charge on any atom is 0.148 e. The van der Waals surface area contributed by atoms with Gasteiger partial charge in [-0.2, -0.15) is 5.10 Å². The second-order valence-corrected chi connectivity index (χ2v) is 4.63. The van der Waals surface area contributed by atoms with Crippen LogP contribution in [0.2, 0.25) is 0 Å². The highest BCUT2D eigenvalue weighted by Crippen LogP contribution is 2.26. The third kappa shape index (κ3) is 2.46. The highest BCUT2D eigenvalue weighted by molar-refractivity contribution is 7.98. The van der Waals surface area contributed by atoms with Crippen LogP contribution in [0.5, 0.6) is 0 Å². The van der Waals surface area contributed by atoms with E-state index < -0.39 is 0 Å². The lowest BCUT2D eigenvalue weighted by Gasteiger charge is -1.97. The van der Waals surface area contributed by atoms with Gasteiger partial charge in [0.25, 0.3) is 0 Å². The number of aryl methyl sites for hydroxylation is 1. The first-order valence-electron chi connectivity index (χ1n) is 4.19. The fraction of sp³-hybridized carbons (Fsp3) is 0.286. The number of nitrogen functional groups attached to an aromatic ring is 1. The van der Waals surface area contributed by atoms with Gasteiger partial charge in [0.1, 0.15) is 10.7 Å². The zero-order valence-electron chi connectivity index (χ0n) is 8.04. The number of nitrogens with zero attached hydrogens (tertiary/aromatic N) is 4. The van der Waals surface area contributed by atoms with Crippen LogP contribution < -0.4 is 11.3 Å². The normalized spacial score (nSPS) is 10.5. The van der Waals surface area contributed by atoms with Crippen LogP contribution in [0.15, 0.2) is 17.3 Å². The van der Waals surface area contributed by atoms with Gasteiger partial charge in [-0.15, -0.1) is 16.9 Å². The van der Waals surface area contributed by atoms with Gasteiger partial charge in [0.05, 0.1) is 6.20 Å². The van der Waals surface area contributed by atoms with E-state index in [9.17, 15) is 0 Å². The zero-order chi connectivity index (χ0) is 10.7. The molecule has 0 aromatic carbocycles. The molecule has 0 unspecified atom stereocenters. The highest BCUT2D eigenvalue weighted by atomic mass is 32.2. The molecule has 0 saturated carbocycles. The van der Waals surface area contributed by atoms with Crippen LogP contribution in [0.3, 0.4) is 0 Å². The Labute approximate surface area is 95.0 Å². The summed E-state index contributed by atoms with van der Waals surface area (Å²) in [5.74, 6) is 6.06. The van der Waals surface area contributed by atoms with Crippen molar-refractivity contribution in [2.24, 2.45) is 12.9 Å². The van der Waals surface area contributed by atoms with Gasteiger partial charge < -0.3 is 5.43 Å². The number of thioether (sulfide) groups is 1. The number of hydrogen-bond acceptors (Lipinski definition) is 7. The molecular formula is C7H10N6S2. The number of nitrogens with one attached hydrogen (secondary N) is 1. The predicted octanol–water partition coefficient (Wildman–Crippen LogP) is 0.850. The monoisotopic (exact) mass is 242 g/mol. The number of hydrogen-bond donors (Lipinski definition) is 2. The van der Waals surface area contributed by atoms with E-state index in [2.05, 4.69) is 20.1 Å². The van der Waals surface area contributed by atoms with Gasteiger partial charge in [0, 0.05) is 35.4 Å². The van der Waals surface area contributed by atoms with Crippen LogP contribution in [0.1, 0.15) is 5.69 Å². The number of hydrazine groups is 1. The van der Waals surface area contributed by atoms with Gasteiger partial charge >= 0.3 is 0 Å². The molecular weight excluding hydrogens is 232 g/mol. The Balaban J connectivity index is 1.98. The van der Waals surface area contributed by atoms with E-state index in [4.69, 9.17) is 5.84 Å². The molecule has 2 rings (SSSR count). The first kappa shape index (κ1) is 10.4. The number of nitrogens with two attached hydrogens (primary N) is 1. The molecule has 0 saturated heterocycles. The lowest BCUT2D eigenvalue weighted by Crippen LogP contribution is -2.06. The average Bonchev–Trinajstić information content (AvgIpc) is 2.83. The Bertz CT molecular complexity index is 436. The van der Waals surface area contributed by atoms with Crippen molar-refractivity contribution in [3.8, 4) is 0 Å². The second-order valence-electron chi connectivity index (χ2n) is 2.83. The van der Waals surface area contributed by atoms with Crippen molar-refractivity contribution in [1.82, 2.24) is 19.4 Å². The third-order valence-electron chi connectivity index (χ3n) is 1.74. The van der Waals surface area contributed by atoms with Gasteiger partial charge in [0.15, 0.2) is 0 Å². The summed E-state index contributed by atoms with van der Waals surface area (Å²) < 4.78 is 5.59. The second kappa shape index (κ2) is 4.60. The smallest absolute Gasteiger partial charge is 0.148 e. The summed E-state index contributed by atoms with van der Waals surface area (Å²) in [5, 5.41) is 8.88. The number of rotatable bonds is 4. The van der Waals surface area contributed by atoms with Crippen LogP contribution in [-0.2, 0) is 12.8 Å². The summed E-state index contributed by atoms with van der Waals surface area (Å²) in [7, 11) is 1.89. The lowest BCUT2D eigenvalue weighted by atomic mass is 10.5. The summed E-state index contributed by atoms with van der Waals surface area (Å²) in [4.78, 5) is 1.11. The summed E-state index contributed by atoms with van der Waals surface area (Å²) >= 11 is 2.91. The SMILES string of the molecule is Cn1cc(SCc2nnsc2NN)cn1. The van der Waals surface area contributed by atoms with Gasteiger partial charge in [-0.25, -0.2) is 5.84 Å². The van der Waals surface area contributed by atoms with Crippen LogP contribution in [0.4, 0.5) is 5.00 Å². The molecule has 0 fully saturated rings. The summed E-state index contributed by atoms with van der Waals surface area (Å²) in [6.07, 6.45) is 3.78. The van der Waals surface area contributed by atoms with E-state index in [-0.39, 0.29) is 0 Å². The minimum absolute atomic E-state index is 0.738. The summed E-state index contributed by atoms with van der Waals surface area (Å²) in [5.41, 5.74) is 3.45. The first-order valence-corrected chi connectivity index (χ1v) is 5.95. The van der Waals surface area contributed by atoms with Crippen molar-refractivity contribution in [2.45, 2.75) is 10.6 Å². The molecule has 15 heavy (non-hydrogen) atoms. The Morgan fingerprint density at radius 2 is 2.53 bits per heavy atom. The minimum Gasteiger partial charge on any atom is -0.313 e. The third-order valence-corrected chi connectivity index (χ3v) is 3.40. The molecule has 0 aliphatic heterocycles. The summed E-state index contributed by atoms with van der Waals surface area (Å²) in [6.45, 7) is 0. The van der Waals surface area contributed by atoms with Crippen LogP contribution in [0.25, 0.3) is 0 Å². The Morgan fingerprint density at radius 3 is 3.20 bits per heavy atom. The van der Waals surface area contributed by atoms with Crippen molar-refractivity contribution in [3.63, 3.8) is 0 Å². The largest absolute Gasteiger partial charge is 0.313 e. The molecule has 2 aromatic rings. The number of anilines is 1. The average molecular weight is 242 g/mol. The Morgan fingerprint density at radius 1 is 1.67 bits per heavy atom. The van der Waals surface area contributed by atoms with Crippen molar-refractivity contribution in [2.75, 3.05) is 5.43 Å². The first-order chi connectivity index (χ1) is 7.29.